The molecule has 0 unspecified atom stereocenters. The van der Waals surface area contributed by atoms with Crippen LogP contribution < -0.4 is 5.73 Å². The van der Waals surface area contributed by atoms with Crippen LogP contribution >= 0.6 is 0 Å². The molecular formula is C12H16FN. The second kappa shape index (κ2) is 4.91. The standard InChI is InChI=1S/C12H16FN/c1-3-10(8-14)6-11-5-4-9(2)12(13)7-11/h3-5,7H,6,8,14H2,1-2H3/b10-3-. The molecule has 0 bridgehead atoms. The molecule has 0 radical (unpaired) electrons. The van der Waals surface area contributed by atoms with Crippen molar-refractivity contribution in [2.24, 2.45) is 5.73 Å². The second-order valence-electron chi connectivity index (χ2n) is 3.41. The van der Waals surface area contributed by atoms with Crippen LogP contribution in [0, 0.1) is 12.7 Å². The van der Waals surface area contributed by atoms with Gasteiger partial charge in [-0.3, -0.25) is 0 Å². The van der Waals surface area contributed by atoms with E-state index in [4.69, 9.17) is 5.73 Å². The molecule has 0 saturated heterocycles. The Balaban J connectivity index is 2.82. The van der Waals surface area contributed by atoms with Gasteiger partial charge in [-0.05, 0) is 37.5 Å². The van der Waals surface area contributed by atoms with E-state index in [9.17, 15) is 4.39 Å². The van der Waals surface area contributed by atoms with Crippen LogP contribution in [0.1, 0.15) is 18.1 Å². The third kappa shape index (κ3) is 2.67. The van der Waals surface area contributed by atoms with Crippen LogP contribution in [-0.4, -0.2) is 6.54 Å². The van der Waals surface area contributed by atoms with E-state index in [1.165, 1.54) is 0 Å². The third-order valence-corrected chi connectivity index (χ3v) is 2.34. The highest BCUT2D eigenvalue weighted by Crippen LogP contribution is 2.12. The molecule has 2 N–H and O–H groups in total. The summed E-state index contributed by atoms with van der Waals surface area (Å²) in [4.78, 5) is 0. The van der Waals surface area contributed by atoms with Gasteiger partial charge in [0.25, 0.3) is 0 Å². The van der Waals surface area contributed by atoms with Gasteiger partial charge in [-0.25, -0.2) is 4.39 Å². The summed E-state index contributed by atoms with van der Waals surface area (Å²) in [6.45, 7) is 4.25. The lowest BCUT2D eigenvalue weighted by molar-refractivity contribution is 0.616. The van der Waals surface area contributed by atoms with Gasteiger partial charge in [-0.15, -0.1) is 0 Å². The minimum atomic E-state index is -0.144. The molecule has 0 heterocycles. The van der Waals surface area contributed by atoms with Crippen molar-refractivity contribution in [1.29, 1.82) is 0 Å². The maximum absolute atomic E-state index is 13.2. The highest BCUT2D eigenvalue weighted by atomic mass is 19.1. The monoisotopic (exact) mass is 193 g/mol. The summed E-state index contributed by atoms with van der Waals surface area (Å²) < 4.78 is 13.2. The highest BCUT2D eigenvalue weighted by molar-refractivity contribution is 5.27. The topological polar surface area (TPSA) is 26.0 Å². The van der Waals surface area contributed by atoms with Gasteiger partial charge in [0, 0.05) is 6.54 Å². The molecule has 1 nitrogen and oxygen atoms in total. The van der Waals surface area contributed by atoms with Gasteiger partial charge in [0.1, 0.15) is 5.82 Å². The van der Waals surface area contributed by atoms with Gasteiger partial charge in [-0.1, -0.05) is 23.8 Å². The molecule has 1 aromatic carbocycles. The van der Waals surface area contributed by atoms with E-state index in [0.29, 0.717) is 12.1 Å². The summed E-state index contributed by atoms with van der Waals surface area (Å²) >= 11 is 0. The number of benzene rings is 1. The summed E-state index contributed by atoms with van der Waals surface area (Å²) in [6.07, 6.45) is 2.72. The van der Waals surface area contributed by atoms with Crippen molar-refractivity contribution in [3.8, 4) is 0 Å². The fourth-order valence-electron chi connectivity index (χ4n) is 1.30. The highest BCUT2D eigenvalue weighted by Gasteiger charge is 2.01. The van der Waals surface area contributed by atoms with Crippen LogP contribution in [-0.2, 0) is 6.42 Å². The molecule has 0 atom stereocenters. The van der Waals surface area contributed by atoms with Gasteiger partial charge in [0.15, 0.2) is 0 Å². The Labute approximate surface area is 84.4 Å². The number of halogens is 1. The van der Waals surface area contributed by atoms with Gasteiger partial charge in [-0.2, -0.15) is 0 Å². The molecule has 0 fully saturated rings. The van der Waals surface area contributed by atoms with Crippen LogP contribution in [0.3, 0.4) is 0 Å². The Bertz CT molecular complexity index is 342. The molecule has 76 valence electrons. The van der Waals surface area contributed by atoms with Crippen molar-refractivity contribution in [2.45, 2.75) is 20.3 Å². The molecule has 0 aromatic heterocycles. The first kappa shape index (κ1) is 10.9. The molecule has 0 aliphatic heterocycles. The fourth-order valence-corrected chi connectivity index (χ4v) is 1.30. The Hall–Kier alpha value is -1.15. The van der Waals surface area contributed by atoms with Gasteiger partial charge in [0.2, 0.25) is 0 Å². The van der Waals surface area contributed by atoms with E-state index in [1.807, 2.05) is 19.1 Å². The molecular weight excluding hydrogens is 177 g/mol. The molecule has 0 saturated carbocycles. The van der Waals surface area contributed by atoms with Crippen LogP contribution in [0.15, 0.2) is 29.8 Å². The zero-order valence-corrected chi connectivity index (χ0v) is 8.68. The van der Waals surface area contributed by atoms with Crippen molar-refractivity contribution in [3.63, 3.8) is 0 Å². The van der Waals surface area contributed by atoms with Gasteiger partial charge < -0.3 is 5.73 Å². The minimum Gasteiger partial charge on any atom is -0.327 e. The molecule has 0 aliphatic rings. The lowest BCUT2D eigenvalue weighted by Gasteiger charge is -2.05. The Morgan fingerprint density at radius 3 is 2.71 bits per heavy atom. The quantitative estimate of drug-likeness (QED) is 0.734. The molecule has 14 heavy (non-hydrogen) atoms. The normalized spacial score (nSPS) is 11.9. The number of allylic oxidation sites excluding steroid dienone is 1. The summed E-state index contributed by atoms with van der Waals surface area (Å²) in [5.74, 6) is -0.144. The fraction of sp³-hybridized carbons (Fsp3) is 0.333. The average Bonchev–Trinajstić information content (AvgIpc) is 2.19. The van der Waals surface area contributed by atoms with Gasteiger partial charge >= 0.3 is 0 Å². The third-order valence-electron chi connectivity index (χ3n) is 2.34. The number of nitrogens with two attached hydrogens (primary N) is 1. The van der Waals surface area contributed by atoms with Crippen LogP contribution in [0.2, 0.25) is 0 Å². The lowest BCUT2D eigenvalue weighted by atomic mass is 10.0. The largest absolute Gasteiger partial charge is 0.327 e. The van der Waals surface area contributed by atoms with Gasteiger partial charge in [0.05, 0.1) is 0 Å². The Morgan fingerprint density at radius 2 is 2.21 bits per heavy atom. The van der Waals surface area contributed by atoms with Crippen molar-refractivity contribution >= 4 is 0 Å². The van der Waals surface area contributed by atoms with Crippen LogP contribution in [0.5, 0.6) is 0 Å². The smallest absolute Gasteiger partial charge is 0.126 e. The maximum atomic E-state index is 13.2. The minimum absolute atomic E-state index is 0.144. The first-order chi connectivity index (χ1) is 6.67. The Morgan fingerprint density at radius 1 is 1.50 bits per heavy atom. The first-order valence-electron chi connectivity index (χ1n) is 4.76. The predicted molar refractivity (Wildman–Crippen MR) is 57.7 cm³/mol. The van der Waals surface area contributed by atoms with Crippen molar-refractivity contribution in [1.82, 2.24) is 0 Å². The molecule has 1 rings (SSSR count). The predicted octanol–water partition coefficient (Wildman–Crippen LogP) is 2.58. The molecule has 0 spiro atoms. The number of hydrogen-bond donors (Lipinski definition) is 1. The average molecular weight is 193 g/mol. The molecule has 0 aliphatic carbocycles. The SMILES string of the molecule is C/C=C(\CN)Cc1ccc(C)c(F)c1. The zero-order chi connectivity index (χ0) is 10.6. The summed E-state index contributed by atoms with van der Waals surface area (Å²) in [6, 6.07) is 5.32. The first-order valence-corrected chi connectivity index (χ1v) is 4.76. The van der Waals surface area contributed by atoms with E-state index in [-0.39, 0.29) is 5.82 Å². The summed E-state index contributed by atoms with van der Waals surface area (Å²) in [5.41, 5.74) is 8.33. The maximum Gasteiger partial charge on any atom is 0.126 e. The second-order valence-corrected chi connectivity index (χ2v) is 3.41. The van der Waals surface area contributed by atoms with E-state index in [1.54, 1.807) is 19.1 Å². The van der Waals surface area contributed by atoms with Crippen LogP contribution in [0.4, 0.5) is 4.39 Å². The number of rotatable bonds is 3. The van der Waals surface area contributed by atoms with Crippen LogP contribution in [0.25, 0.3) is 0 Å². The Kier molecular flexibility index (Phi) is 3.84. The molecule has 1 aromatic rings. The van der Waals surface area contributed by atoms with E-state index >= 15 is 0 Å². The van der Waals surface area contributed by atoms with Crippen molar-refractivity contribution in [2.75, 3.05) is 6.54 Å². The van der Waals surface area contributed by atoms with E-state index < -0.39 is 0 Å². The van der Waals surface area contributed by atoms with Crippen molar-refractivity contribution in [3.05, 3.63) is 46.8 Å². The zero-order valence-electron chi connectivity index (χ0n) is 8.68. The molecule has 0 amide bonds. The van der Waals surface area contributed by atoms with E-state index in [2.05, 4.69) is 0 Å². The molecule has 2 heteroatoms. The number of aryl methyl sites for hydroxylation is 1. The summed E-state index contributed by atoms with van der Waals surface area (Å²) in [5, 5.41) is 0. The number of hydrogen-bond acceptors (Lipinski definition) is 1. The van der Waals surface area contributed by atoms with Crippen molar-refractivity contribution < 1.29 is 4.39 Å². The lowest BCUT2D eigenvalue weighted by Crippen LogP contribution is -2.05. The summed E-state index contributed by atoms with van der Waals surface area (Å²) in [7, 11) is 0. The van der Waals surface area contributed by atoms with E-state index in [0.717, 1.165) is 17.6 Å².